The molecule has 0 spiro atoms. The number of halogens is 3. The Morgan fingerprint density at radius 2 is 2.06 bits per heavy atom. The number of H-pyrrole nitrogens is 1. The number of hydrogen-bond donors (Lipinski definition) is 2. The van der Waals surface area contributed by atoms with Gasteiger partial charge in [-0.1, -0.05) is 19.0 Å². The summed E-state index contributed by atoms with van der Waals surface area (Å²) in [5, 5.41) is 12.5. The van der Waals surface area contributed by atoms with Crippen molar-refractivity contribution in [3.8, 4) is 0 Å². The summed E-state index contributed by atoms with van der Waals surface area (Å²) in [5.41, 5.74) is 11.9. The number of rotatable bonds is 7. The van der Waals surface area contributed by atoms with Gasteiger partial charge in [0.25, 0.3) is 5.56 Å². The monoisotopic (exact) mass is 494 g/mol. The Kier molecular flexibility index (Phi) is 10.3. The maximum absolute atomic E-state index is 12.1. The molecule has 2 rings (SSSR count). The first kappa shape index (κ1) is 28.7. The van der Waals surface area contributed by atoms with E-state index >= 15 is 0 Å². The van der Waals surface area contributed by atoms with E-state index in [1.807, 2.05) is 13.8 Å². The minimum absolute atomic E-state index is 0.0744. The van der Waals surface area contributed by atoms with Crippen LogP contribution >= 0.6 is 0 Å². The molecular formula is C18H25F3N6O7. The number of nitrogens with zero attached hydrogens (tertiary/aromatic N) is 4. The first-order valence-electron chi connectivity index (χ1n) is 10.0. The van der Waals surface area contributed by atoms with E-state index in [2.05, 4.69) is 20.7 Å². The summed E-state index contributed by atoms with van der Waals surface area (Å²) in [6.45, 7) is 5.33. The van der Waals surface area contributed by atoms with E-state index in [0.717, 1.165) is 6.42 Å². The van der Waals surface area contributed by atoms with Crippen LogP contribution in [0.1, 0.15) is 38.5 Å². The van der Waals surface area contributed by atoms with Crippen molar-refractivity contribution in [2.45, 2.75) is 64.2 Å². The van der Waals surface area contributed by atoms with Gasteiger partial charge in [-0.25, -0.2) is 9.59 Å². The second kappa shape index (κ2) is 12.2. The normalized spacial score (nSPS) is 21.4. The largest absolute Gasteiger partial charge is 0.542 e. The molecule has 0 saturated carbocycles. The van der Waals surface area contributed by atoms with Crippen molar-refractivity contribution in [2.24, 2.45) is 11.0 Å². The first-order valence-corrected chi connectivity index (χ1v) is 10.0. The molecule has 190 valence electrons. The van der Waals surface area contributed by atoms with Gasteiger partial charge in [-0.15, -0.1) is 0 Å². The van der Waals surface area contributed by atoms with Gasteiger partial charge in [0, 0.05) is 29.0 Å². The van der Waals surface area contributed by atoms with E-state index in [4.69, 9.17) is 24.9 Å². The minimum atomic E-state index is -5.19. The van der Waals surface area contributed by atoms with E-state index < -0.39 is 53.8 Å². The molecule has 0 aromatic carbocycles. The van der Waals surface area contributed by atoms with Gasteiger partial charge < -0.3 is 25.1 Å². The number of carboxylic acids is 1. The number of aromatic nitrogens is 2. The van der Waals surface area contributed by atoms with Crippen LogP contribution in [0, 0.1) is 12.8 Å². The number of aliphatic carboxylic acids is 1. The third-order valence-corrected chi connectivity index (χ3v) is 5.12. The number of ether oxygens (including phenoxy) is 2. The molecular weight excluding hydrogens is 469 g/mol. The smallest absolute Gasteiger partial charge is 0.430 e. The molecule has 1 aliphatic heterocycles. The van der Waals surface area contributed by atoms with Gasteiger partial charge in [0.05, 0.1) is 6.04 Å². The average Bonchev–Trinajstić information content (AvgIpc) is 3.15. The lowest BCUT2D eigenvalue weighted by Gasteiger charge is -2.18. The summed E-state index contributed by atoms with van der Waals surface area (Å²) in [6, 6.07) is -1.12. The number of aromatic amines is 1. The van der Waals surface area contributed by atoms with Crippen molar-refractivity contribution in [3.63, 3.8) is 0 Å². The molecule has 4 N–H and O–H groups in total. The van der Waals surface area contributed by atoms with E-state index in [0.29, 0.717) is 5.56 Å². The number of quaternary nitrogens is 1. The van der Waals surface area contributed by atoms with Crippen molar-refractivity contribution in [2.75, 3.05) is 6.61 Å². The Balaban J connectivity index is 0.000000718. The zero-order chi connectivity index (χ0) is 26.2. The quantitative estimate of drug-likeness (QED) is 0.216. The van der Waals surface area contributed by atoms with Crippen molar-refractivity contribution >= 4 is 11.9 Å². The zero-order valence-electron chi connectivity index (χ0n) is 18.6. The van der Waals surface area contributed by atoms with Gasteiger partial charge in [-0.3, -0.25) is 14.3 Å². The van der Waals surface area contributed by atoms with Crippen LogP contribution in [0.3, 0.4) is 0 Å². The highest BCUT2D eigenvalue weighted by atomic mass is 19.4. The van der Waals surface area contributed by atoms with Gasteiger partial charge in [0.2, 0.25) is 0 Å². The molecule has 0 bridgehead atoms. The van der Waals surface area contributed by atoms with Gasteiger partial charge in [0.15, 0.2) is 6.04 Å². The first-order chi connectivity index (χ1) is 15.7. The SMILES string of the molecule is CCC(C)C([NH3+])C(=O)OCC1OC(n2cc(C)c(=O)[nH]c2=O)CC1N=[N+]=[N-].O=C([O-])C(F)(F)F. The second-order valence-corrected chi connectivity index (χ2v) is 7.52. The maximum atomic E-state index is 12.1. The lowest BCUT2D eigenvalue weighted by Crippen LogP contribution is -2.68. The van der Waals surface area contributed by atoms with Gasteiger partial charge >= 0.3 is 17.8 Å². The van der Waals surface area contributed by atoms with Gasteiger partial charge in [-0.05, 0) is 18.9 Å². The van der Waals surface area contributed by atoms with Gasteiger partial charge in [0.1, 0.15) is 24.9 Å². The summed E-state index contributed by atoms with van der Waals surface area (Å²) >= 11 is 0. The van der Waals surface area contributed by atoms with Crippen LogP contribution in [0.2, 0.25) is 0 Å². The lowest BCUT2D eigenvalue weighted by molar-refractivity contribution is -0.420. The van der Waals surface area contributed by atoms with Crippen LogP contribution in [0.15, 0.2) is 20.9 Å². The Morgan fingerprint density at radius 3 is 2.56 bits per heavy atom. The Morgan fingerprint density at radius 1 is 1.47 bits per heavy atom. The summed E-state index contributed by atoms with van der Waals surface area (Å²) in [7, 11) is 0. The summed E-state index contributed by atoms with van der Waals surface area (Å²) in [4.78, 5) is 49.5. The summed E-state index contributed by atoms with van der Waals surface area (Å²) in [5.74, 6) is -3.38. The summed E-state index contributed by atoms with van der Waals surface area (Å²) in [6.07, 6.45) is -4.23. The van der Waals surface area contributed by atoms with Crippen LogP contribution in [-0.2, 0) is 19.1 Å². The highest BCUT2D eigenvalue weighted by molar-refractivity contribution is 5.74. The molecule has 5 atom stereocenters. The predicted molar refractivity (Wildman–Crippen MR) is 106 cm³/mol. The van der Waals surface area contributed by atoms with E-state index in [-0.39, 0.29) is 18.9 Å². The fourth-order valence-electron chi connectivity index (χ4n) is 2.81. The van der Waals surface area contributed by atoms with Crippen molar-refractivity contribution in [1.29, 1.82) is 0 Å². The Labute approximate surface area is 190 Å². The molecule has 1 saturated heterocycles. The predicted octanol–water partition coefficient (Wildman–Crippen LogP) is -0.690. The standard InChI is InChI=1S/C16H24N6O5.C2HF3O2/c1-4-8(2)13(17)15(24)26-7-11-10(20-21-18)5-12(27-11)22-6-9(3)14(23)19-16(22)25;3-2(4,5)1(6)7/h6,8,10-13H,4-5,7,17H2,1-3H3,(H,19,23,25);(H,6,7). The van der Waals surface area contributed by atoms with Crippen LogP contribution < -0.4 is 22.1 Å². The van der Waals surface area contributed by atoms with E-state index in [1.165, 1.54) is 10.8 Å². The van der Waals surface area contributed by atoms with Crippen LogP contribution in [0.4, 0.5) is 13.2 Å². The lowest BCUT2D eigenvalue weighted by atomic mass is 10.0. The molecule has 1 fully saturated rings. The molecule has 0 aliphatic carbocycles. The molecule has 1 aromatic rings. The minimum Gasteiger partial charge on any atom is -0.542 e. The number of aryl methyl sites for hydroxylation is 1. The molecule has 34 heavy (non-hydrogen) atoms. The van der Waals surface area contributed by atoms with Gasteiger partial charge in [-0.2, -0.15) is 13.2 Å². The number of nitrogens with one attached hydrogen (secondary N) is 1. The fourth-order valence-corrected chi connectivity index (χ4v) is 2.81. The zero-order valence-corrected chi connectivity index (χ0v) is 18.6. The second-order valence-electron chi connectivity index (χ2n) is 7.52. The van der Waals surface area contributed by atoms with Crippen LogP contribution in [0.25, 0.3) is 10.4 Å². The molecule has 0 amide bonds. The summed E-state index contributed by atoms with van der Waals surface area (Å²) < 4.78 is 43.9. The molecule has 16 heteroatoms. The van der Waals surface area contributed by atoms with Crippen LogP contribution in [0.5, 0.6) is 0 Å². The highest BCUT2D eigenvalue weighted by Crippen LogP contribution is 2.30. The molecule has 5 unspecified atom stereocenters. The number of carbonyl (C=O) groups is 2. The third kappa shape index (κ3) is 7.90. The van der Waals surface area contributed by atoms with Crippen LogP contribution in [-0.4, -0.2) is 52.5 Å². The van der Waals surface area contributed by atoms with Crippen molar-refractivity contribution in [3.05, 3.63) is 43.0 Å². The molecule has 1 aromatic heterocycles. The third-order valence-electron chi connectivity index (χ3n) is 5.12. The molecule has 0 radical (unpaired) electrons. The van der Waals surface area contributed by atoms with E-state index in [9.17, 15) is 27.6 Å². The highest BCUT2D eigenvalue weighted by Gasteiger charge is 2.38. The number of esters is 1. The molecule has 1 aliphatic rings. The van der Waals surface area contributed by atoms with Crippen molar-refractivity contribution < 1.29 is 43.1 Å². The number of azide groups is 1. The topological polar surface area (TPSA) is 207 Å². The molecule has 13 nitrogen and oxygen atoms in total. The number of alkyl halides is 3. The number of carbonyl (C=O) groups excluding carboxylic acids is 2. The van der Waals surface area contributed by atoms with E-state index in [1.54, 1.807) is 6.92 Å². The average molecular weight is 494 g/mol. The Hall–Kier alpha value is -3.36. The number of hydrogen-bond acceptors (Lipinski definition) is 8. The fraction of sp³-hybridized carbons (Fsp3) is 0.667. The Bertz CT molecular complexity index is 1030. The number of carboxylic acid groups (broad SMARTS) is 1. The molecule has 2 heterocycles. The van der Waals surface area contributed by atoms with Crippen molar-refractivity contribution in [1.82, 2.24) is 9.55 Å². The maximum Gasteiger partial charge on any atom is 0.430 e.